The van der Waals surface area contributed by atoms with Crippen molar-refractivity contribution < 1.29 is 22.4 Å². The molecule has 2 amide bonds. The van der Waals surface area contributed by atoms with Gasteiger partial charge >= 0.3 is 0 Å². The van der Waals surface area contributed by atoms with E-state index < -0.39 is 32.7 Å². The Kier molecular flexibility index (Phi) is 7.50. The first kappa shape index (κ1) is 23.7. The summed E-state index contributed by atoms with van der Waals surface area (Å²) in [5.41, 5.74) is 1.21. The molecule has 3 aromatic carbocycles. The Morgan fingerprint density at radius 1 is 0.969 bits per heavy atom. The van der Waals surface area contributed by atoms with Crippen LogP contribution < -0.4 is 10.6 Å². The van der Waals surface area contributed by atoms with E-state index in [1.54, 1.807) is 24.3 Å². The molecule has 0 aromatic heterocycles. The van der Waals surface area contributed by atoms with Gasteiger partial charge in [0.25, 0.3) is 15.0 Å². The van der Waals surface area contributed by atoms with Crippen LogP contribution in [0.3, 0.4) is 0 Å². The van der Waals surface area contributed by atoms with Gasteiger partial charge in [-0.25, -0.2) is 12.8 Å². The number of halogens is 3. The van der Waals surface area contributed by atoms with Crippen LogP contribution in [0.1, 0.15) is 15.9 Å². The summed E-state index contributed by atoms with van der Waals surface area (Å²) in [6, 6.07) is 16.7. The van der Waals surface area contributed by atoms with Crippen LogP contribution in [-0.4, -0.2) is 26.3 Å². The number of amides is 2. The molecule has 0 spiro atoms. The van der Waals surface area contributed by atoms with Gasteiger partial charge in [-0.3, -0.25) is 9.59 Å². The van der Waals surface area contributed by atoms with Crippen LogP contribution in [0.15, 0.2) is 77.7 Å². The van der Waals surface area contributed by atoms with Gasteiger partial charge in [0, 0.05) is 28.4 Å². The van der Waals surface area contributed by atoms with E-state index in [2.05, 4.69) is 10.6 Å². The molecular formula is C22H17Cl2FN2O4S. The number of carbonyl (C=O) groups is 2. The fourth-order valence-corrected chi connectivity index (χ4v) is 4.44. The zero-order valence-electron chi connectivity index (χ0n) is 16.4. The average Bonchev–Trinajstić information content (AvgIpc) is 2.73. The molecule has 2 N–H and O–H groups in total. The van der Waals surface area contributed by atoms with Crippen molar-refractivity contribution in [2.45, 2.75) is 17.4 Å². The summed E-state index contributed by atoms with van der Waals surface area (Å²) in [4.78, 5) is 25.3. The molecule has 0 aliphatic rings. The lowest BCUT2D eigenvalue weighted by Crippen LogP contribution is -2.45. The lowest BCUT2D eigenvalue weighted by atomic mass is 10.0. The van der Waals surface area contributed by atoms with E-state index in [1.807, 2.05) is 6.07 Å². The molecule has 1 atom stereocenters. The van der Waals surface area contributed by atoms with Crippen molar-refractivity contribution in [3.8, 4) is 0 Å². The molecule has 3 rings (SSSR count). The lowest BCUT2D eigenvalue weighted by molar-refractivity contribution is -0.118. The molecule has 0 saturated heterocycles. The third-order valence-corrected chi connectivity index (χ3v) is 6.28. The molecule has 10 heteroatoms. The molecule has 0 heterocycles. The highest BCUT2D eigenvalue weighted by Gasteiger charge is 2.23. The summed E-state index contributed by atoms with van der Waals surface area (Å²) in [6.45, 7) is 0. The molecule has 166 valence electrons. The van der Waals surface area contributed by atoms with Gasteiger partial charge in [-0.2, -0.15) is 0 Å². The van der Waals surface area contributed by atoms with Crippen LogP contribution in [0.25, 0.3) is 0 Å². The summed E-state index contributed by atoms with van der Waals surface area (Å²) in [5, 5.41) is 5.10. The minimum Gasteiger partial charge on any atom is -0.340 e. The molecule has 0 aliphatic heterocycles. The smallest absolute Gasteiger partial charge is 0.262 e. The number of hydrogen-bond donors (Lipinski definition) is 2. The van der Waals surface area contributed by atoms with Gasteiger partial charge in [-0.1, -0.05) is 41.9 Å². The Labute approximate surface area is 193 Å². The SMILES string of the molecule is O=C(N[C@@H](Cc1ccccc1)C(=O)Nc1ccc(S(=O)(=O)Cl)c(Cl)c1)c1ccc(F)cc1. The van der Waals surface area contributed by atoms with Crippen molar-refractivity contribution in [2.24, 2.45) is 0 Å². The van der Waals surface area contributed by atoms with Crippen molar-refractivity contribution >= 4 is 48.8 Å². The monoisotopic (exact) mass is 494 g/mol. The standard InChI is InChI=1S/C22H17Cl2FN2O4S/c23-18-13-17(10-11-20(18)32(24,30)31)26-22(29)19(12-14-4-2-1-3-5-14)27-21(28)15-6-8-16(25)9-7-15/h1-11,13,19H,12H2,(H,26,29)(H,27,28)/t19-/m0/s1. The van der Waals surface area contributed by atoms with E-state index >= 15 is 0 Å². The van der Waals surface area contributed by atoms with Crippen molar-refractivity contribution in [2.75, 3.05) is 5.32 Å². The molecule has 3 aromatic rings. The number of carbonyl (C=O) groups excluding carboxylic acids is 2. The second-order valence-corrected chi connectivity index (χ2v) is 9.74. The largest absolute Gasteiger partial charge is 0.340 e. The van der Waals surface area contributed by atoms with E-state index in [1.165, 1.54) is 30.3 Å². The highest BCUT2D eigenvalue weighted by atomic mass is 35.7. The van der Waals surface area contributed by atoms with Crippen molar-refractivity contribution in [3.63, 3.8) is 0 Å². The maximum Gasteiger partial charge on any atom is 0.262 e. The van der Waals surface area contributed by atoms with Crippen molar-refractivity contribution in [1.29, 1.82) is 0 Å². The maximum atomic E-state index is 13.2. The number of hydrogen-bond acceptors (Lipinski definition) is 4. The molecule has 0 aliphatic carbocycles. The lowest BCUT2D eigenvalue weighted by Gasteiger charge is -2.19. The molecule has 0 saturated carbocycles. The van der Waals surface area contributed by atoms with Gasteiger partial charge in [-0.15, -0.1) is 0 Å². The number of nitrogens with one attached hydrogen (secondary N) is 2. The Bertz CT molecular complexity index is 1240. The third kappa shape index (κ3) is 6.29. The summed E-state index contributed by atoms with van der Waals surface area (Å²) in [5.74, 6) is -1.59. The number of benzene rings is 3. The first-order valence-corrected chi connectivity index (χ1v) is 12.0. The minimum atomic E-state index is -4.04. The van der Waals surface area contributed by atoms with E-state index in [4.69, 9.17) is 22.3 Å². The van der Waals surface area contributed by atoms with Crippen molar-refractivity contribution in [3.05, 3.63) is 94.8 Å². The first-order valence-electron chi connectivity index (χ1n) is 9.29. The number of rotatable bonds is 7. The second-order valence-electron chi connectivity index (χ2n) is 6.79. The molecular weight excluding hydrogens is 478 g/mol. The predicted octanol–water partition coefficient (Wildman–Crippen LogP) is 4.39. The van der Waals surface area contributed by atoms with Crippen LogP contribution in [-0.2, 0) is 20.3 Å². The summed E-state index contributed by atoms with van der Waals surface area (Å²) in [7, 11) is 1.28. The minimum absolute atomic E-state index is 0.159. The van der Waals surface area contributed by atoms with E-state index in [0.29, 0.717) is 0 Å². The zero-order valence-corrected chi connectivity index (χ0v) is 18.7. The Hall–Kier alpha value is -2.94. The average molecular weight is 495 g/mol. The predicted molar refractivity (Wildman–Crippen MR) is 121 cm³/mol. The fourth-order valence-electron chi connectivity index (χ4n) is 2.91. The van der Waals surface area contributed by atoms with Gasteiger partial charge in [0.15, 0.2) is 0 Å². The molecule has 0 bridgehead atoms. The summed E-state index contributed by atoms with van der Waals surface area (Å²) in [6.07, 6.45) is 0.182. The maximum absolute atomic E-state index is 13.2. The van der Waals surface area contributed by atoms with Crippen LogP contribution in [0.2, 0.25) is 5.02 Å². The van der Waals surface area contributed by atoms with E-state index in [9.17, 15) is 22.4 Å². The second kappa shape index (κ2) is 10.1. The summed E-state index contributed by atoms with van der Waals surface area (Å²) < 4.78 is 36.1. The topological polar surface area (TPSA) is 92.3 Å². The number of anilines is 1. The highest BCUT2D eigenvalue weighted by molar-refractivity contribution is 8.13. The van der Waals surface area contributed by atoms with Crippen LogP contribution in [0.4, 0.5) is 10.1 Å². The zero-order chi connectivity index (χ0) is 23.3. The first-order chi connectivity index (χ1) is 15.1. The van der Waals surface area contributed by atoms with Gasteiger partial charge in [0.1, 0.15) is 16.8 Å². The third-order valence-electron chi connectivity index (χ3n) is 4.47. The van der Waals surface area contributed by atoms with Crippen LogP contribution >= 0.6 is 22.3 Å². The highest BCUT2D eigenvalue weighted by Crippen LogP contribution is 2.27. The summed E-state index contributed by atoms with van der Waals surface area (Å²) >= 11 is 5.97. The Balaban J connectivity index is 1.82. The Morgan fingerprint density at radius 3 is 2.22 bits per heavy atom. The quantitative estimate of drug-likeness (QED) is 0.476. The van der Waals surface area contributed by atoms with Crippen molar-refractivity contribution in [1.82, 2.24) is 5.32 Å². The van der Waals surface area contributed by atoms with Crippen LogP contribution in [0, 0.1) is 5.82 Å². The van der Waals surface area contributed by atoms with Gasteiger partial charge in [-0.05, 0) is 48.0 Å². The van der Waals surface area contributed by atoms with Gasteiger partial charge in [0.2, 0.25) is 5.91 Å². The van der Waals surface area contributed by atoms with Gasteiger partial charge in [0.05, 0.1) is 5.02 Å². The molecule has 6 nitrogen and oxygen atoms in total. The molecule has 0 fully saturated rings. The van der Waals surface area contributed by atoms with Crippen LogP contribution in [0.5, 0.6) is 0 Å². The fraction of sp³-hybridized carbons (Fsp3) is 0.0909. The Morgan fingerprint density at radius 2 is 1.62 bits per heavy atom. The molecule has 0 unspecified atom stereocenters. The van der Waals surface area contributed by atoms with E-state index in [0.717, 1.165) is 17.7 Å². The molecule has 0 radical (unpaired) electrons. The van der Waals surface area contributed by atoms with E-state index in [-0.39, 0.29) is 27.6 Å². The molecule has 32 heavy (non-hydrogen) atoms. The van der Waals surface area contributed by atoms with Gasteiger partial charge < -0.3 is 10.6 Å². The normalized spacial score (nSPS) is 12.1.